The number of hydrogen-bond acceptors (Lipinski definition) is 4. The molecule has 5 nitrogen and oxygen atoms in total. The van der Waals surface area contributed by atoms with Gasteiger partial charge in [-0.25, -0.2) is 4.79 Å². The van der Waals surface area contributed by atoms with Crippen LogP contribution in [-0.2, 0) is 9.47 Å². The van der Waals surface area contributed by atoms with Crippen LogP contribution in [0.4, 0.5) is 4.79 Å². The van der Waals surface area contributed by atoms with Gasteiger partial charge in [0.2, 0.25) is 0 Å². The van der Waals surface area contributed by atoms with Crippen molar-refractivity contribution in [3.8, 4) is 0 Å². The van der Waals surface area contributed by atoms with Crippen molar-refractivity contribution >= 4 is 6.09 Å². The normalized spacial score (nSPS) is 26.6. The molecule has 0 aromatic rings. The van der Waals surface area contributed by atoms with Crippen LogP contribution in [0.5, 0.6) is 0 Å². The molecule has 2 N–H and O–H groups in total. The van der Waals surface area contributed by atoms with Crippen LogP contribution < -0.4 is 5.32 Å². The van der Waals surface area contributed by atoms with Gasteiger partial charge in [-0.1, -0.05) is 27.2 Å². The summed E-state index contributed by atoms with van der Waals surface area (Å²) in [5, 5.41) is 11.3. The van der Waals surface area contributed by atoms with Crippen molar-refractivity contribution in [2.45, 2.75) is 46.1 Å². The summed E-state index contributed by atoms with van der Waals surface area (Å²) in [6.07, 6.45) is 2.98. The van der Waals surface area contributed by atoms with E-state index in [9.17, 15) is 4.79 Å². The van der Waals surface area contributed by atoms with E-state index in [-0.39, 0.29) is 18.8 Å². The van der Waals surface area contributed by atoms with Crippen molar-refractivity contribution in [2.24, 2.45) is 17.8 Å². The largest absolute Gasteiger partial charge is 0.446 e. The fraction of sp³-hybridized carbons (Fsp3) is 0.933. The zero-order valence-electron chi connectivity index (χ0n) is 12.9. The summed E-state index contributed by atoms with van der Waals surface area (Å²) in [6, 6.07) is 0. The lowest BCUT2D eigenvalue weighted by molar-refractivity contribution is 0.00505. The number of alkyl carbamates (subject to hydrolysis) is 1. The number of ether oxygens (including phenoxy) is 2. The molecule has 3 atom stereocenters. The fourth-order valence-corrected chi connectivity index (χ4v) is 2.82. The summed E-state index contributed by atoms with van der Waals surface area (Å²) in [5.41, 5.74) is 0. The van der Waals surface area contributed by atoms with Gasteiger partial charge in [0.15, 0.2) is 0 Å². The molecular formula is C15H29NO4. The Labute approximate surface area is 122 Å². The molecule has 0 bridgehead atoms. The van der Waals surface area contributed by atoms with Crippen LogP contribution in [-0.4, -0.2) is 43.7 Å². The topological polar surface area (TPSA) is 67.8 Å². The monoisotopic (exact) mass is 287 g/mol. The molecule has 1 saturated carbocycles. The maximum Gasteiger partial charge on any atom is 0.407 e. The van der Waals surface area contributed by atoms with E-state index in [1.165, 1.54) is 6.42 Å². The van der Waals surface area contributed by atoms with Crippen LogP contribution in [0.15, 0.2) is 0 Å². The Kier molecular flexibility index (Phi) is 7.92. The van der Waals surface area contributed by atoms with Crippen LogP contribution in [0.25, 0.3) is 0 Å². The molecule has 1 aliphatic carbocycles. The minimum atomic E-state index is -0.359. The molecule has 1 rings (SSSR count). The zero-order valence-corrected chi connectivity index (χ0v) is 12.9. The summed E-state index contributed by atoms with van der Waals surface area (Å²) in [5.74, 6) is 1.62. The standard InChI is InChI=1S/C15H29NO4/c1-11(2)13-5-4-12(3)10-14(13)20-15(18)16-6-8-19-9-7-17/h11-14,17H,4-10H2,1-3H3,(H,16,18)/t12-,13+,14+/m1/s1. The van der Waals surface area contributed by atoms with E-state index in [0.717, 1.165) is 12.8 Å². The van der Waals surface area contributed by atoms with Gasteiger partial charge in [0, 0.05) is 6.54 Å². The molecule has 1 fully saturated rings. The summed E-state index contributed by atoms with van der Waals surface area (Å²) in [4.78, 5) is 11.8. The lowest BCUT2D eigenvalue weighted by Gasteiger charge is -2.36. The highest BCUT2D eigenvalue weighted by atomic mass is 16.6. The van der Waals surface area contributed by atoms with Gasteiger partial charge in [-0.05, 0) is 30.6 Å². The molecule has 20 heavy (non-hydrogen) atoms. The predicted molar refractivity (Wildman–Crippen MR) is 77.5 cm³/mol. The molecule has 1 amide bonds. The van der Waals surface area contributed by atoms with Crippen LogP contribution in [0.2, 0.25) is 0 Å². The Balaban J connectivity index is 2.30. The SMILES string of the molecule is CC(C)[C@@H]1CC[C@@H](C)C[C@@H]1OC(=O)NCCOCCO. The second-order valence-electron chi connectivity index (χ2n) is 6.03. The number of nitrogens with one attached hydrogen (secondary N) is 1. The minimum Gasteiger partial charge on any atom is -0.446 e. The third kappa shape index (κ3) is 6.09. The summed E-state index contributed by atoms with van der Waals surface area (Å²) < 4.78 is 10.7. The highest BCUT2D eigenvalue weighted by Gasteiger charge is 2.33. The van der Waals surface area contributed by atoms with Crippen molar-refractivity contribution in [1.82, 2.24) is 5.32 Å². The van der Waals surface area contributed by atoms with E-state index in [1.807, 2.05) is 0 Å². The van der Waals surface area contributed by atoms with Gasteiger partial charge in [0.25, 0.3) is 0 Å². The number of carbonyl (C=O) groups excluding carboxylic acids is 1. The first-order chi connectivity index (χ1) is 9.54. The number of aliphatic hydroxyl groups is 1. The minimum absolute atomic E-state index is 0.000474. The molecular weight excluding hydrogens is 258 g/mol. The second-order valence-corrected chi connectivity index (χ2v) is 6.03. The fourth-order valence-electron chi connectivity index (χ4n) is 2.82. The Hall–Kier alpha value is -0.810. The molecule has 0 aliphatic heterocycles. The van der Waals surface area contributed by atoms with Crippen LogP contribution >= 0.6 is 0 Å². The van der Waals surface area contributed by atoms with Gasteiger partial charge in [-0.3, -0.25) is 0 Å². The van der Waals surface area contributed by atoms with Crippen molar-refractivity contribution in [3.63, 3.8) is 0 Å². The molecule has 0 radical (unpaired) electrons. The number of rotatable bonds is 7. The maximum atomic E-state index is 11.8. The highest BCUT2D eigenvalue weighted by molar-refractivity contribution is 5.67. The molecule has 0 spiro atoms. The molecule has 1 aliphatic rings. The summed E-state index contributed by atoms with van der Waals surface area (Å²) in [6.45, 7) is 7.70. The van der Waals surface area contributed by atoms with Crippen molar-refractivity contribution in [3.05, 3.63) is 0 Å². The van der Waals surface area contributed by atoms with Crippen molar-refractivity contribution in [1.29, 1.82) is 0 Å². The molecule has 0 unspecified atom stereocenters. The average Bonchev–Trinajstić information content (AvgIpc) is 2.38. The first-order valence-corrected chi connectivity index (χ1v) is 7.67. The predicted octanol–water partition coefficient (Wildman–Crippen LogP) is 2.18. The molecule has 0 saturated heterocycles. The Bertz CT molecular complexity index is 283. The smallest absolute Gasteiger partial charge is 0.407 e. The van der Waals surface area contributed by atoms with Gasteiger partial charge in [0.1, 0.15) is 6.10 Å². The van der Waals surface area contributed by atoms with Crippen LogP contribution in [0.1, 0.15) is 40.0 Å². The quantitative estimate of drug-likeness (QED) is 0.704. The van der Waals surface area contributed by atoms with Gasteiger partial charge < -0.3 is 19.9 Å². The number of carbonyl (C=O) groups is 1. The van der Waals surface area contributed by atoms with E-state index in [0.29, 0.717) is 37.5 Å². The number of hydrogen-bond donors (Lipinski definition) is 2. The molecule has 0 heterocycles. The lowest BCUT2D eigenvalue weighted by atomic mass is 9.75. The van der Waals surface area contributed by atoms with Gasteiger partial charge in [-0.15, -0.1) is 0 Å². The first-order valence-electron chi connectivity index (χ1n) is 7.67. The van der Waals surface area contributed by atoms with E-state index in [2.05, 4.69) is 26.1 Å². The van der Waals surface area contributed by atoms with E-state index < -0.39 is 0 Å². The molecule has 118 valence electrons. The molecule has 0 aromatic carbocycles. The van der Waals surface area contributed by atoms with Gasteiger partial charge in [0.05, 0.1) is 19.8 Å². The van der Waals surface area contributed by atoms with Gasteiger partial charge >= 0.3 is 6.09 Å². The summed E-state index contributed by atoms with van der Waals surface area (Å²) >= 11 is 0. The summed E-state index contributed by atoms with van der Waals surface area (Å²) in [7, 11) is 0. The Morgan fingerprint density at radius 3 is 2.75 bits per heavy atom. The van der Waals surface area contributed by atoms with Crippen molar-refractivity contribution < 1.29 is 19.4 Å². The third-order valence-electron chi connectivity index (χ3n) is 3.97. The second kappa shape index (κ2) is 9.19. The van der Waals surface area contributed by atoms with Crippen molar-refractivity contribution in [2.75, 3.05) is 26.4 Å². The van der Waals surface area contributed by atoms with E-state index in [4.69, 9.17) is 14.6 Å². The Morgan fingerprint density at radius 1 is 1.35 bits per heavy atom. The molecule has 0 aromatic heterocycles. The zero-order chi connectivity index (χ0) is 15.0. The lowest BCUT2D eigenvalue weighted by Crippen LogP contribution is -2.39. The van der Waals surface area contributed by atoms with Crippen LogP contribution in [0.3, 0.4) is 0 Å². The molecule has 5 heteroatoms. The number of aliphatic hydroxyl groups excluding tert-OH is 1. The number of amides is 1. The first kappa shape index (κ1) is 17.2. The van der Waals surface area contributed by atoms with Crippen LogP contribution in [0, 0.1) is 17.8 Å². The highest BCUT2D eigenvalue weighted by Crippen LogP contribution is 2.35. The van der Waals surface area contributed by atoms with E-state index in [1.54, 1.807) is 0 Å². The van der Waals surface area contributed by atoms with E-state index >= 15 is 0 Å². The third-order valence-corrected chi connectivity index (χ3v) is 3.97. The average molecular weight is 287 g/mol. The maximum absolute atomic E-state index is 11.8. The van der Waals surface area contributed by atoms with Gasteiger partial charge in [-0.2, -0.15) is 0 Å². The Morgan fingerprint density at radius 2 is 2.10 bits per heavy atom.